The molecule has 5 nitrogen and oxygen atoms in total. The van der Waals surface area contributed by atoms with Crippen molar-refractivity contribution in [3.05, 3.63) is 0 Å². The van der Waals surface area contributed by atoms with Crippen molar-refractivity contribution in [2.45, 2.75) is 24.8 Å². The zero-order chi connectivity index (χ0) is 11.6. The van der Waals surface area contributed by atoms with Gasteiger partial charge in [-0.05, 0) is 12.8 Å². The molecule has 1 unspecified atom stereocenters. The van der Waals surface area contributed by atoms with E-state index in [1.807, 2.05) is 0 Å². The van der Waals surface area contributed by atoms with Crippen LogP contribution in [-0.4, -0.2) is 42.1 Å². The molecule has 0 bridgehead atoms. The summed E-state index contributed by atoms with van der Waals surface area (Å²) in [4.78, 5) is 17.1. The second-order valence-electron chi connectivity index (χ2n) is 4.07. The van der Waals surface area contributed by atoms with E-state index in [4.69, 9.17) is 16.9 Å². The summed E-state index contributed by atoms with van der Waals surface area (Å²) >= 11 is 0. The third-order valence-electron chi connectivity index (χ3n) is 3.23. The largest absolute Gasteiger partial charge is 0.385 e. The number of hydrogen-bond donors (Lipinski definition) is 1. The predicted octanol–water partition coefficient (Wildman–Crippen LogP) is 0.352. The van der Waals surface area contributed by atoms with Gasteiger partial charge in [-0.15, -0.1) is 6.42 Å². The van der Waals surface area contributed by atoms with E-state index in [1.54, 1.807) is 4.90 Å². The summed E-state index contributed by atoms with van der Waals surface area (Å²) in [6, 6.07) is -0.322. The number of urea groups is 1. The molecule has 2 heterocycles. The number of rotatable bonds is 1. The standard InChI is InChI=1S/C11H15N3O2/c1-2-6-14-10(15)13-9(12)11(14)4-3-7-16-8-5-11/h1H,3-8H2,(H2,12,13,15). The van der Waals surface area contributed by atoms with Gasteiger partial charge in [0.1, 0.15) is 11.4 Å². The molecule has 2 aliphatic rings. The molecule has 86 valence electrons. The van der Waals surface area contributed by atoms with Crippen LogP contribution in [0.25, 0.3) is 0 Å². The lowest BCUT2D eigenvalue weighted by atomic mass is 9.88. The topological polar surface area (TPSA) is 67.9 Å². The first-order valence-electron chi connectivity index (χ1n) is 5.38. The monoisotopic (exact) mass is 221 g/mol. The minimum atomic E-state index is -0.500. The first kappa shape index (κ1) is 11.0. The zero-order valence-corrected chi connectivity index (χ0v) is 9.11. The highest BCUT2D eigenvalue weighted by Gasteiger charge is 2.47. The van der Waals surface area contributed by atoms with Gasteiger partial charge >= 0.3 is 6.03 Å². The molecule has 0 aromatic heterocycles. The number of nitrogens with zero attached hydrogens (tertiary/aromatic N) is 2. The minimum absolute atomic E-state index is 0.253. The Morgan fingerprint density at radius 3 is 3.12 bits per heavy atom. The van der Waals surface area contributed by atoms with Crippen molar-refractivity contribution in [2.24, 2.45) is 10.7 Å². The van der Waals surface area contributed by atoms with Gasteiger partial charge in [0.05, 0.1) is 6.54 Å². The maximum atomic E-state index is 11.7. The Morgan fingerprint density at radius 1 is 1.56 bits per heavy atom. The van der Waals surface area contributed by atoms with Crippen LogP contribution in [0.5, 0.6) is 0 Å². The van der Waals surface area contributed by atoms with Crippen LogP contribution in [0, 0.1) is 12.3 Å². The van der Waals surface area contributed by atoms with Crippen molar-refractivity contribution in [1.29, 1.82) is 0 Å². The molecule has 1 atom stereocenters. The van der Waals surface area contributed by atoms with Crippen molar-refractivity contribution in [1.82, 2.24) is 4.90 Å². The van der Waals surface area contributed by atoms with Gasteiger partial charge in [0.15, 0.2) is 0 Å². The number of carbonyl (C=O) groups excluding carboxylic acids is 1. The second kappa shape index (κ2) is 4.14. The van der Waals surface area contributed by atoms with Gasteiger partial charge in [-0.3, -0.25) is 4.90 Å². The van der Waals surface area contributed by atoms with Crippen molar-refractivity contribution in [3.8, 4) is 12.3 Å². The average Bonchev–Trinajstić information content (AvgIpc) is 2.49. The first-order valence-corrected chi connectivity index (χ1v) is 5.38. The lowest BCUT2D eigenvalue weighted by Gasteiger charge is -2.35. The smallest absolute Gasteiger partial charge is 0.346 e. The van der Waals surface area contributed by atoms with Crippen LogP contribution in [0.2, 0.25) is 0 Å². The zero-order valence-electron chi connectivity index (χ0n) is 9.11. The molecular formula is C11H15N3O2. The summed E-state index contributed by atoms with van der Waals surface area (Å²) in [7, 11) is 0. The summed E-state index contributed by atoms with van der Waals surface area (Å²) in [5, 5.41) is 0. The molecule has 16 heavy (non-hydrogen) atoms. The summed E-state index contributed by atoms with van der Waals surface area (Å²) in [6.45, 7) is 1.54. The first-order chi connectivity index (χ1) is 7.70. The fourth-order valence-electron chi connectivity index (χ4n) is 2.36. The van der Waals surface area contributed by atoms with E-state index >= 15 is 0 Å². The molecular weight excluding hydrogens is 206 g/mol. The van der Waals surface area contributed by atoms with Crippen LogP contribution in [0.1, 0.15) is 19.3 Å². The molecule has 2 N–H and O–H groups in total. The number of amides is 2. The molecule has 0 saturated carbocycles. The van der Waals surface area contributed by atoms with E-state index in [-0.39, 0.29) is 12.6 Å². The number of hydrogen-bond acceptors (Lipinski definition) is 3. The average molecular weight is 221 g/mol. The maximum Gasteiger partial charge on any atom is 0.346 e. The Labute approximate surface area is 94.6 Å². The van der Waals surface area contributed by atoms with Crippen molar-refractivity contribution < 1.29 is 9.53 Å². The van der Waals surface area contributed by atoms with Gasteiger partial charge in [0.25, 0.3) is 0 Å². The number of aliphatic imine (C=N–C) groups is 1. The highest BCUT2D eigenvalue weighted by molar-refractivity contribution is 6.05. The van der Waals surface area contributed by atoms with E-state index in [9.17, 15) is 4.79 Å². The van der Waals surface area contributed by atoms with Crippen LogP contribution in [0.3, 0.4) is 0 Å². The lowest BCUT2D eigenvalue weighted by molar-refractivity contribution is 0.129. The van der Waals surface area contributed by atoms with Gasteiger partial charge in [-0.2, -0.15) is 4.99 Å². The predicted molar refractivity (Wildman–Crippen MR) is 60.0 cm³/mol. The third kappa shape index (κ3) is 1.55. The number of ether oxygens (including phenoxy) is 1. The van der Waals surface area contributed by atoms with E-state index < -0.39 is 5.54 Å². The maximum absolute atomic E-state index is 11.7. The highest BCUT2D eigenvalue weighted by Crippen LogP contribution is 2.33. The van der Waals surface area contributed by atoms with Crippen molar-refractivity contribution in [2.75, 3.05) is 19.8 Å². The Bertz CT molecular complexity index is 362. The number of terminal acetylenes is 1. The minimum Gasteiger partial charge on any atom is -0.385 e. The molecule has 0 aliphatic carbocycles. The van der Waals surface area contributed by atoms with Gasteiger partial charge in [0, 0.05) is 19.6 Å². The molecule has 1 saturated heterocycles. The number of nitrogens with two attached hydrogens (primary N) is 1. The van der Waals surface area contributed by atoms with Crippen LogP contribution in [0.15, 0.2) is 4.99 Å². The molecule has 0 aromatic carbocycles. The second-order valence-corrected chi connectivity index (χ2v) is 4.07. The lowest BCUT2D eigenvalue weighted by Crippen LogP contribution is -2.54. The fourth-order valence-corrected chi connectivity index (χ4v) is 2.36. The van der Waals surface area contributed by atoms with Gasteiger partial charge in [-0.1, -0.05) is 5.92 Å². The van der Waals surface area contributed by atoms with E-state index in [1.165, 1.54) is 0 Å². The molecule has 2 rings (SSSR count). The van der Waals surface area contributed by atoms with E-state index in [2.05, 4.69) is 10.9 Å². The summed E-state index contributed by atoms with van der Waals surface area (Å²) in [5.41, 5.74) is 5.39. The van der Waals surface area contributed by atoms with Crippen LogP contribution in [0.4, 0.5) is 4.79 Å². The van der Waals surface area contributed by atoms with Gasteiger partial charge < -0.3 is 10.5 Å². The summed E-state index contributed by atoms with van der Waals surface area (Å²) in [6.07, 6.45) is 7.59. The summed E-state index contributed by atoms with van der Waals surface area (Å²) in [5.74, 6) is 2.88. The van der Waals surface area contributed by atoms with E-state index in [0.29, 0.717) is 25.5 Å². The van der Waals surface area contributed by atoms with Crippen LogP contribution < -0.4 is 5.73 Å². The molecule has 0 aromatic rings. The van der Waals surface area contributed by atoms with Crippen LogP contribution in [-0.2, 0) is 4.74 Å². The molecule has 2 aliphatic heterocycles. The van der Waals surface area contributed by atoms with Crippen molar-refractivity contribution in [3.63, 3.8) is 0 Å². The Hall–Kier alpha value is -1.54. The van der Waals surface area contributed by atoms with Gasteiger partial charge in [-0.25, -0.2) is 4.79 Å². The quantitative estimate of drug-likeness (QED) is 0.650. The van der Waals surface area contributed by atoms with Crippen LogP contribution >= 0.6 is 0 Å². The Morgan fingerprint density at radius 2 is 2.38 bits per heavy atom. The fraction of sp³-hybridized carbons (Fsp3) is 0.636. The SMILES string of the molecule is C#CCN1C(=O)N=C(N)C12CCCOCC2. The molecule has 1 fully saturated rings. The van der Waals surface area contributed by atoms with Gasteiger partial charge in [0.2, 0.25) is 0 Å². The van der Waals surface area contributed by atoms with Crippen molar-refractivity contribution >= 4 is 11.9 Å². The Balaban J connectivity index is 2.30. The number of carbonyl (C=O) groups is 1. The third-order valence-corrected chi connectivity index (χ3v) is 3.23. The summed E-state index contributed by atoms with van der Waals surface area (Å²) < 4.78 is 5.39. The highest BCUT2D eigenvalue weighted by atomic mass is 16.5. The molecule has 1 spiro atoms. The normalized spacial score (nSPS) is 30.1. The molecule has 5 heteroatoms. The molecule has 0 radical (unpaired) electrons. The van der Waals surface area contributed by atoms with E-state index in [0.717, 1.165) is 12.8 Å². The number of amidine groups is 1. The molecule has 2 amide bonds. The Kier molecular flexibility index (Phi) is 2.84.